The molecule has 3 nitrogen and oxygen atoms in total. The van der Waals surface area contributed by atoms with Gasteiger partial charge in [-0.3, -0.25) is 0 Å². The Labute approximate surface area is 106 Å². The third kappa shape index (κ3) is 3.02. The van der Waals surface area contributed by atoms with Gasteiger partial charge < -0.3 is 0 Å². The molecule has 100 valence electrons. The van der Waals surface area contributed by atoms with E-state index in [1.807, 2.05) is 0 Å². The van der Waals surface area contributed by atoms with Gasteiger partial charge in [-0.1, -0.05) is 32.6 Å². The summed E-state index contributed by atoms with van der Waals surface area (Å²) in [7, 11) is -2.98. The normalized spacial score (nSPS) is 26.2. The van der Waals surface area contributed by atoms with E-state index in [1.165, 1.54) is 12.8 Å². The number of nitrogens with zero attached hydrogens (tertiary/aromatic N) is 1. The van der Waals surface area contributed by atoms with Gasteiger partial charge in [0.05, 0.1) is 5.25 Å². The van der Waals surface area contributed by atoms with Crippen LogP contribution in [0.15, 0.2) is 0 Å². The fourth-order valence-electron chi connectivity index (χ4n) is 3.15. The number of rotatable bonds is 3. The van der Waals surface area contributed by atoms with Crippen LogP contribution in [0.25, 0.3) is 0 Å². The first-order valence-electron chi connectivity index (χ1n) is 7.13. The quantitative estimate of drug-likeness (QED) is 0.781. The van der Waals surface area contributed by atoms with Crippen LogP contribution >= 0.6 is 0 Å². The molecule has 4 heteroatoms. The van der Waals surface area contributed by atoms with Crippen LogP contribution < -0.4 is 0 Å². The van der Waals surface area contributed by atoms with Crippen LogP contribution in [-0.4, -0.2) is 31.1 Å². The van der Waals surface area contributed by atoms with E-state index in [2.05, 4.69) is 6.92 Å². The average Bonchev–Trinajstić information content (AvgIpc) is 2.40. The van der Waals surface area contributed by atoms with E-state index in [4.69, 9.17) is 0 Å². The molecule has 0 N–H and O–H groups in total. The molecular weight excluding hydrogens is 234 g/mol. The molecule has 2 rings (SSSR count). The van der Waals surface area contributed by atoms with E-state index in [1.54, 1.807) is 4.31 Å². The molecule has 1 saturated carbocycles. The van der Waals surface area contributed by atoms with Gasteiger partial charge in [-0.05, 0) is 31.6 Å². The Morgan fingerprint density at radius 3 is 2.12 bits per heavy atom. The summed E-state index contributed by atoms with van der Waals surface area (Å²) in [5.41, 5.74) is 0. The van der Waals surface area contributed by atoms with Crippen molar-refractivity contribution in [1.82, 2.24) is 4.31 Å². The molecule has 0 aromatic carbocycles. The van der Waals surface area contributed by atoms with Crippen LogP contribution in [0, 0.1) is 5.92 Å². The molecule has 0 aromatic heterocycles. The minimum Gasteiger partial charge on any atom is -0.212 e. The Bertz CT molecular complexity index is 325. The Morgan fingerprint density at radius 2 is 1.59 bits per heavy atom. The van der Waals surface area contributed by atoms with Crippen LogP contribution in [0.2, 0.25) is 0 Å². The van der Waals surface area contributed by atoms with Crippen LogP contribution in [-0.2, 0) is 10.0 Å². The van der Waals surface area contributed by atoms with Crippen molar-refractivity contribution >= 4 is 10.0 Å². The predicted molar refractivity (Wildman–Crippen MR) is 70.4 cm³/mol. The van der Waals surface area contributed by atoms with Crippen molar-refractivity contribution in [3.05, 3.63) is 0 Å². The lowest BCUT2D eigenvalue weighted by Gasteiger charge is -2.34. The van der Waals surface area contributed by atoms with Gasteiger partial charge in [-0.15, -0.1) is 0 Å². The number of sulfonamides is 1. The summed E-state index contributed by atoms with van der Waals surface area (Å²) in [4.78, 5) is 0. The second-order valence-electron chi connectivity index (χ2n) is 5.56. The molecule has 2 aliphatic rings. The fourth-order valence-corrected chi connectivity index (χ4v) is 5.22. The van der Waals surface area contributed by atoms with Gasteiger partial charge in [0, 0.05) is 13.1 Å². The van der Waals surface area contributed by atoms with E-state index < -0.39 is 10.0 Å². The zero-order valence-electron chi connectivity index (χ0n) is 10.9. The molecule has 0 atom stereocenters. The van der Waals surface area contributed by atoms with Gasteiger partial charge in [0.25, 0.3) is 0 Å². The summed E-state index contributed by atoms with van der Waals surface area (Å²) in [6.45, 7) is 3.73. The zero-order chi connectivity index (χ0) is 12.3. The predicted octanol–water partition coefficient (Wildman–Crippen LogP) is 2.77. The molecule has 0 spiro atoms. The largest absolute Gasteiger partial charge is 0.216 e. The molecule has 0 amide bonds. The van der Waals surface area contributed by atoms with Crippen LogP contribution in [0.3, 0.4) is 0 Å². The maximum absolute atomic E-state index is 12.5. The van der Waals surface area contributed by atoms with Crippen molar-refractivity contribution in [3.8, 4) is 0 Å². The van der Waals surface area contributed by atoms with Crippen molar-refractivity contribution < 1.29 is 8.42 Å². The number of piperidine rings is 1. The highest BCUT2D eigenvalue weighted by molar-refractivity contribution is 7.89. The first-order valence-corrected chi connectivity index (χ1v) is 8.64. The van der Waals surface area contributed by atoms with Crippen molar-refractivity contribution in [1.29, 1.82) is 0 Å². The topological polar surface area (TPSA) is 37.4 Å². The Kier molecular flexibility index (Phi) is 4.47. The number of hydrogen-bond acceptors (Lipinski definition) is 2. The maximum Gasteiger partial charge on any atom is 0.216 e. The van der Waals surface area contributed by atoms with Gasteiger partial charge >= 0.3 is 0 Å². The Hall–Kier alpha value is -0.0900. The van der Waals surface area contributed by atoms with Crippen molar-refractivity contribution in [2.75, 3.05) is 13.1 Å². The zero-order valence-corrected chi connectivity index (χ0v) is 11.7. The second kappa shape index (κ2) is 5.70. The molecule has 1 saturated heterocycles. The first-order chi connectivity index (χ1) is 8.14. The average molecular weight is 259 g/mol. The number of hydrogen-bond donors (Lipinski definition) is 0. The molecule has 0 radical (unpaired) electrons. The minimum atomic E-state index is -2.98. The molecule has 2 fully saturated rings. The second-order valence-corrected chi connectivity index (χ2v) is 7.77. The lowest BCUT2D eigenvalue weighted by atomic mass is 9.96. The summed E-state index contributed by atoms with van der Waals surface area (Å²) < 4.78 is 26.7. The molecule has 1 aliphatic heterocycles. The highest BCUT2D eigenvalue weighted by Gasteiger charge is 2.34. The standard InChI is InChI=1S/C13H25NO2S/c1-2-12-8-10-14(11-9-12)17(15,16)13-6-4-3-5-7-13/h12-13H,2-11H2,1H3. The van der Waals surface area contributed by atoms with Gasteiger partial charge in [0.1, 0.15) is 0 Å². The first kappa shape index (κ1) is 13.3. The summed E-state index contributed by atoms with van der Waals surface area (Å²) >= 11 is 0. The van der Waals surface area contributed by atoms with E-state index >= 15 is 0 Å². The van der Waals surface area contributed by atoms with E-state index in [-0.39, 0.29) is 5.25 Å². The smallest absolute Gasteiger partial charge is 0.212 e. The minimum absolute atomic E-state index is 0.0746. The molecule has 0 unspecified atom stereocenters. The highest BCUT2D eigenvalue weighted by Crippen LogP contribution is 2.29. The maximum atomic E-state index is 12.5. The Morgan fingerprint density at radius 1 is 1.00 bits per heavy atom. The van der Waals surface area contributed by atoms with Crippen LogP contribution in [0.1, 0.15) is 58.3 Å². The van der Waals surface area contributed by atoms with E-state index in [0.29, 0.717) is 0 Å². The van der Waals surface area contributed by atoms with Crippen molar-refractivity contribution in [2.45, 2.75) is 63.5 Å². The third-order valence-electron chi connectivity index (χ3n) is 4.48. The van der Waals surface area contributed by atoms with Gasteiger partial charge in [0.15, 0.2) is 0 Å². The monoisotopic (exact) mass is 259 g/mol. The van der Waals surface area contributed by atoms with E-state index in [9.17, 15) is 8.42 Å². The highest BCUT2D eigenvalue weighted by atomic mass is 32.2. The van der Waals surface area contributed by atoms with Crippen molar-refractivity contribution in [2.24, 2.45) is 5.92 Å². The Balaban J connectivity index is 1.96. The molecule has 17 heavy (non-hydrogen) atoms. The molecular formula is C13H25NO2S. The fraction of sp³-hybridized carbons (Fsp3) is 1.00. The van der Waals surface area contributed by atoms with Crippen molar-refractivity contribution in [3.63, 3.8) is 0 Å². The summed E-state index contributed by atoms with van der Waals surface area (Å²) in [6, 6.07) is 0. The van der Waals surface area contributed by atoms with Crippen LogP contribution in [0.4, 0.5) is 0 Å². The molecule has 1 heterocycles. The lowest BCUT2D eigenvalue weighted by Crippen LogP contribution is -2.44. The summed E-state index contributed by atoms with van der Waals surface area (Å²) in [6.07, 6.45) is 8.48. The van der Waals surface area contributed by atoms with Gasteiger partial charge in [-0.25, -0.2) is 12.7 Å². The van der Waals surface area contributed by atoms with Crippen LogP contribution in [0.5, 0.6) is 0 Å². The summed E-state index contributed by atoms with van der Waals surface area (Å²) in [5.74, 6) is 0.743. The molecule has 0 bridgehead atoms. The van der Waals surface area contributed by atoms with Gasteiger partial charge in [-0.2, -0.15) is 0 Å². The molecule has 1 aliphatic carbocycles. The molecule has 0 aromatic rings. The third-order valence-corrected chi connectivity index (χ3v) is 6.88. The summed E-state index contributed by atoms with van der Waals surface area (Å²) in [5, 5.41) is -0.0746. The SMILES string of the molecule is CCC1CCN(S(=O)(=O)C2CCCCC2)CC1. The van der Waals surface area contributed by atoms with Gasteiger partial charge in [0.2, 0.25) is 10.0 Å². The van der Waals surface area contributed by atoms with E-state index in [0.717, 1.165) is 57.5 Å². The lowest BCUT2D eigenvalue weighted by molar-refractivity contribution is 0.264.